The van der Waals surface area contributed by atoms with Gasteiger partial charge in [-0.1, -0.05) is 18.2 Å². The molecule has 2 aromatic rings. The molecule has 0 aliphatic carbocycles. The highest BCUT2D eigenvalue weighted by Gasteiger charge is 2.13. The molecule has 3 N–H and O–H groups in total. The molecule has 0 aliphatic heterocycles. The molecule has 0 radical (unpaired) electrons. The summed E-state index contributed by atoms with van der Waals surface area (Å²) in [6, 6.07) is 11.8. The zero-order chi connectivity index (χ0) is 13.0. The monoisotopic (exact) mass is 262 g/mol. The molecule has 4 nitrogen and oxygen atoms in total. The predicted octanol–water partition coefficient (Wildman–Crippen LogP) is 2.48. The van der Waals surface area contributed by atoms with Gasteiger partial charge < -0.3 is 4.42 Å². The second-order valence-electron chi connectivity index (χ2n) is 3.77. The van der Waals surface area contributed by atoms with Crippen molar-refractivity contribution >= 4 is 17.7 Å². The molecule has 0 unspecified atom stereocenters. The number of nitrogens with one attached hydrogen (secondary N) is 1. The Morgan fingerprint density at radius 1 is 1.39 bits per heavy atom. The Kier molecular flexibility index (Phi) is 4.07. The fraction of sp³-hybridized carbons (Fsp3) is 0.154. The number of amides is 1. The second-order valence-corrected chi connectivity index (χ2v) is 4.82. The Morgan fingerprint density at radius 3 is 2.78 bits per heavy atom. The summed E-state index contributed by atoms with van der Waals surface area (Å²) in [6.07, 6.45) is 0. The summed E-state index contributed by atoms with van der Waals surface area (Å²) in [5.41, 5.74) is 3.06. The van der Waals surface area contributed by atoms with Crippen molar-refractivity contribution in [3.8, 4) is 0 Å². The maximum Gasteiger partial charge on any atom is 0.300 e. The summed E-state index contributed by atoms with van der Waals surface area (Å²) in [6.45, 7) is 1.84. The Hall–Kier alpha value is -1.72. The Morgan fingerprint density at radius 2 is 2.11 bits per heavy atom. The predicted molar refractivity (Wildman–Crippen MR) is 71.1 cm³/mol. The van der Waals surface area contributed by atoms with E-state index in [1.165, 1.54) is 4.90 Å². The molecular formula is C13H14N2O2S. The minimum absolute atomic E-state index is 0.249. The molecule has 0 fully saturated rings. The first-order valence-electron chi connectivity index (χ1n) is 5.49. The molecule has 0 aliphatic rings. The van der Waals surface area contributed by atoms with Crippen LogP contribution in [0.5, 0.6) is 0 Å². The lowest BCUT2D eigenvalue weighted by Gasteiger charge is -1.99. The molecule has 2 rings (SSSR count). The van der Waals surface area contributed by atoms with Crippen LogP contribution >= 0.6 is 11.8 Å². The van der Waals surface area contributed by atoms with E-state index in [-0.39, 0.29) is 5.76 Å². The molecule has 1 heterocycles. The fourth-order valence-corrected chi connectivity index (χ4v) is 2.48. The third-order valence-corrected chi connectivity index (χ3v) is 3.57. The van der Waals surface area contributed by atoms with Gasteiger partial charge in [0.2, 0.25) is 0 Å². The van der Waals surface area contributed by atoms with Gasteiger partial charge in [-0.15, -0.1) is 11.8 Å². The molecule has 5 heteroatoms. The number of rotatable bonds is 4. The molecule has 0 atom stereocenters. The van der Waals surface area contributed by atoms with Crippen LogP contribution in [-0.2, 0) is 5.75 Å². The molecule has 0 saturated heterocycles. The number of benzene rings is 1. The minimum atomic E-state index is -0.408. The van der Waals surface area contributed by atoms with Crippen LogP contribution < -0.4 is 11.3 Å². The van der Waals surface area contributed by atoms with Crippen LogP contribution in [0.2, 0.25) is 0 Å². The number of thioether (sulfide) groups is 1. The van der Waals surface area contributed by atoms with Crippen LogP contribution in [0.15, 0.2) is 45.7 Å². The summed E-state index contributed by atoms with van der Waals surface area (Å²) in [7, 11) is 0. The number of hydrazine groups is 1. The lowest BCUT2D eigenvalue weighted by molar-refractivity contribution is 0.0924. The van der Waals surface area contributed by atoms with Gasteiger partial charge in [0.1, 0.15) is 5.76 Å². The van der Waals surface area contributed by atoms with Gasteiger partial charge in [-0.3, -0.25) is 10.2 Å². The molecule has 1 aromatic carbocycles. The lowest BCUT2D eigenvalue weighted by Crippen LogP contribution is -2.29. The van der Waals surface area contributed by atoms with Crippen molar-refractivity contribution in [2.24, 2.45) is 5.84 Å². The van der Waals surface area contributed by atoms with Crippen molar-refractivity contribution in [3.63, 3.8) is 0 Å². The number of hydrogen-bond acceptors (Lipinski definition) is 4. The standard InChI is InChI=1S/C13H14N2O2S/c1-9-10(7-12(17-9)13(16)15-14)8-18-11-5-3-2-4-6-11/h2-7H,8,14H2,1H3,(H,15,16). The normalized spacial score (nSPS) is 10.3. The van der Waals surface area contributed by atoms with Crippen LogP contribution in [0.4, 0.5) is 0 Å². The maximum absolute atomic E-state index is 11.3. The average molecular weight is 262 g/mol. The molecule has 0 spiro atoms. The SMILES string of the molecule is Cc1oc(C(=O)NN)cc1CSc1ccccc1. The van der Waals surface area contributed by atoms with Crippen LogP contribution in [-0.4, -0.2) is 5.91 Å². The zero-order valence-corrected chi connectivity index (χ0v) is 10.8. The minimum Gasteiger partial charge on any atom is -0.456 e. The summed E-state index contributed by atoms with van der Waals surface area (Å²) >= 11 is 1.70. The quantitative estimate of drug-likeness (QED) is 0.384. The van der Waals surface area contributed by atoms with Gasteiger partial charge in [0.15, 0.2) is 5.76 Å². The van der Waals surface area contributed by atoms with Gasteiger partial charge in [0, 0.05) is 16.2 Å². The van der Waals surface area contributed by atoms with Crippen LogP contribution in [0.25, 0.3) is 0 Å². The number of carbonyl (C=O) groups excluding carboxylic acids is 1. The molecule has 0 saturated carbocycles. The van der Waals surface area contributed by atoms with Crippen LogP contribution in [0.3, 0.4) is 0 Å². The summed E-state index contributed by atoms with van der Waals surface area (Å²) < 4.78 is 5.35. The van der Waals surface area contributed by atoms with E-state index >= 15 is 0 Å². The molecular weight excluding hydrogens is 248 g/mol. The number of nitrogen functional groups attached to an aromatic ring is 1. The third kappa shape index (κ3) is 2.94. The van der Waals surface area contributed by atoms with E-state index in [1.807, 2.05) is 37.3 Å². The van der Waals surface area contributed by atoms with Crippen molar-refractivity contribution in [2.75, 3.05) is 0 Å². The van der Waals surface area contributed by atoms with E-state index in [9.17, 15) is 4.79 Å². The number of nitrogens with two attached hydrogens (primary N) is 1. The number of aryl methyl sites for hydroxylation is 1. The Labute approximate surface area is 110 Å². The second kappa shape index (κ2) is 5.75. The zero-order valence-electron chi connectivity index (χ0n) is 9.97. The lowest BCUT2D eigenvalue weighted by atomic mass is 10.3. The van der Waals surface area contributed by atoms with Gasteiger partial charge in [-0.2, -0.15) is 0 Å². The molecule has 18 heavy (non-hydrogen) atoms. The van der Waals surface area contributed by atoms with Crippen LogP contribution in [0.1, 0.15) is 21.9 Å². The Balaban J connectivity index is 2.06. The number of furan rings is 1. The van der Waals surface area contributed by atoms with Crippen molar-refractivity contribution in [3.05, 3.63) is 53.5 Å². The van der Waals surface area contributed by atoms with Gasteiger partial charge in [-0.25, -0.2) is 5.84 Å². The molecule has 1 aromatic heterocycles. The van der Waals surface area contributed by atoms with Crippen LogP contribution in [0, 0.1) is 6.92 Å². The number of carbonyl (C=O) groups is 1. The van der Waals surface area contributed by atoms with Crippen molar-refractivity contribution < 1.29 is 9.21 Å². The summed E-state index contributed by atoms with van der Waals surface area (Å²) in [4.78, 5) is 12.5. The van der Waals surface area contributed by atoms with E-state index < -0.39 is 5.91 Å². The highest BCUT2D eigenvalue weighted by atomic mass is 32.2. The van der Waals surface area contributed by atoms with Crippen molar-refractivity contribution in [2.45, 2.75) is 17.6 Å². The summed E-state index contributed by atoms with van der Waals surface area (Å²) in [5, 5.41) is 0. The topological polar surface area (TPSA) is 68.3 Å². The van der Waals surface area contributed by atoms with Crippen molar-refractivity contribution in [1.29, 1.82) is 0 Å². The average Bonchev–Trinajstić information content (AvgIpc) is 2.78. The first-order chi connectivity index (χ1) is 8.70. The molecule has 1 amide bonds. The smallest absolute Gasteiger partial charge is 0.300 e. The molecule has 94 valence electrons. The van der Waals surface area contributed by atoms with E-state index in [1.54, 1.807) is 17.8 Å². The van der Waals surface area contributed by atoms with Crippen molar-refractivity contribution in [1.82, 2.24) is 5.43 Å². The Bertz CT molecular complexity index is 537. The van der Waals surface area contributed by atoms with Gasteiger partial charge in [-0.05, 0) is 25.1 Å². The van der Waals surface area contributed by atoms with E-state index in [0.29, 0.717) is 0 Å². The van der Waals surface area contributed by atoms with E-state index in [2.05, 4.69) is 5.43 Å². The fourth-order valence-electron chi connectivity index (χ4n) is 1.52. The van der Waals surface area contributed by atoms with Gasteiger partial charge in [0.05, 0.1) is 0 Å². The number of hydrogen-bond donors (Lipinski definition) is 2. The maximum atomic E-state index is 11.3. The molecule has 0 bridgehead atoms. The van der Waals surface area contributed by atoms with Gasteiger partial charge in [0.25, 0.3) is 0 Å². The third-order valence-electron chi connectivity index (χ3n) is 2.51. The first-order valence-corrected chi connectivity index (χ1v) is 6.47. The largest absolute Gasteiger partial charge is 0.456 e. The van der Waals surface area contributed by atoms with E-state index in [0.717, 1.165) is 17.1 Å². The highest BCUT2D eigenvalue weighted by Crippen LogP contribution is 2.25. The highest BCUT2D eigenvalue weighted by molar-refractivity contribution is 7.98. The van der Waals surface area contributed by atoms with E-state index in [4.69, 9.17) is 10.3 Å². The van der Waals surface area contributed by atoms with Gasteiger partial charge >= 0.3 is 5.91 Å². The summed E-state index contributed by atoms with van der Waals surface area (Å²) in [5.74, 6) is 6.41. The first kappa shape index (κ1) is 12.7.